The molecule has 3 radical (unpaired) electrons. The Hall–Kier alpha value is 0.811. The zero-order valence-corrected chi connectivity index (χ0v) is 6.36. The molecule has 0 saturated carbocycles. The van der Waals surface area contributed by atoms with Crippen LogP contribution in [0, 0.1) is 0 Å². The molecule has 0 unspecified atom stereocenters. The smallest absolute Gasteiger partial charge is 0 e. The Bertz CT molecular complexity index is 56.9. The summed E-state index contributed by atoms with van der Waals surface area (Å²) in [5, 5.41) is 0. The minimum Gasteiger partial charge on any atom is 0 e. The van der Waals surface area contributed by atoms with E-state index in [1.54, 1.807) is 0 Å². The van der Waals surface area contributed by atoms with Crippen molar-refractivity contribution in [3.05, 3.63) is 0 Å². The normalized spacial score (nSPS) is 9.83. The van der Waals surface area contributed by atoms with Crippen molar-refractivity contribution in [1.29, 1.82) is 0 Å². The molecule has 0 fully saturated rings. The van der Waals surface area contributed by atoms with Crippen LogP contribution in [0.15, 0.2) is 0 Å². The maximum Gasteiger partial charge on any atom is 0 e. The summed E-state index contributed by atoms with van der Waals surface area (Å²) in [5.41, 5.74) is 0.915. The van der Waals surface area contributed by atoms with Crippen molar-refractivity contribution < 1.29 is 11.9 Å². The van der Waals surface area contributed by atoms with Crippen LogP contribution in [0.5, 0.6) is 0 Å². The molecule has 0 rings (SSSR count). The molecular formula is CH5AlAsO3. The van der Waals surface area contributed by atoms with Gasteiger partial charge in [0.05, 0.1) is 0 Å². The van der Waals surface area contributed by atoms with E-state index in [9.17, 15) is 3.74 Å². The van der Waals surface area contributed by atoms with Crippen LogP contribution in [0.3, 0.4) is 0 Å². The van der Waals surface area contributed by atoms with Gasteiger partial charge in [-0.3, -0.25) is 0 Å². The first kappa shape index (κ1) is 9.94. The van der Waals surface area contributed by atoms with E-state index in [4.69, 9.17) is 8.19 Å². The molecule has 0 saturated heterocycles. The number of rotatable bonds is 0. The summed E-state index contributed by atoms with van der Waals surface area (Å²) in [4.78, 5) is 0. The summed E-state index contributed by atoms with van der Waals surface area (Å²) in [6.45, 7) is 0. The zero-order valence-electron chi connectivity index (χ0n) is 3.33. The Kier molecular flexibility index (Phi) is 4.80. The fourth-order valence-electron chi connectivity index (χ4n) is 0. The van der Waals surface area contributed by atoms with Crippen LogP contribution in [0.25, 0.3) is 0 Å². The Morgan fingerprint density at radius 1 is 1.50 bits per heavy atom. The predicted octanol–water partition coefficient (Wildman–Crippen LogP) is -1.41. The van der Waals surface area contributed by atoms with Crippen LogP contribution in [0.2, 0.25) is 5.71 Å². The van der Waals surface area contributed by atoms with Gasteiger partial charge in [-0.15, -0.1) is 0 Å². The van der Waals surface area contributed by atoms with E-state index in [1.165, 1.54) is 0 Å². The summed E-state index contributed by atoms with van der Waals surface area (Å²) in [7, 11) is 0. The van der Waals surface area contributed by atoms with E-state index in [2.05, 4.69) is 0 Å². The minimum atomic E-state index is -4.12. The largest absolute Gasteiger partial charge is 0 e. The van der Waals surface area contributed by atoms with Crippen molar-refractivity contribution in [2.75, 3.05) is 0 Å². The van der Waals surface area contributed by atoms with Crippen LogP contribution >= 0.6 is 0 Å². The van der Waals surface area contributed by atoms with Gasteiger partial charge in [-0.1, -0.05) is 0 Å². The van der Waals surface area contributed by atoms with E-state index < -0.39 is 14.2 Å². The van der Waals surface area contributed by atoms with Crippen molar-refractivity contribution >= 4 is 31.5 Å². The molecular weight excluding hydrogens is 162 g/mol. The van der Waals surface area contributed by atoms with Crippen molar-refractivity contribution in [3.63, 3.8) is 0 Å². The van der Waals surface area contributed by atoms with Gasteiger partial charge in [0.25, 0.3) is 0 Å². The van der Waals surface area contributed by atoms with Crippen LogP contribution in [-0.2, 0) is 3.74 Å². The van der Waals surface area contributed by atoms with Crippen LogP contribution in [0.4, 0.5) is 0 Å². The van der Waals surface area contributed by atoms with Crippen LogP contribution < -0.4 is 0 Å². The molecule has 0 aromatic carbocycles. The third-order valence-corrected chi connectivity index (χ3v) is 0. The predicted molar refractivity (Wildman–Crippen MR) is 22.5 cm³/mol. The van der Waals surface area contributed by atoms with Gasteiger partial charge in [0, 0.05) is 17.4 Å². The summed E-state index contributed by atoms with van der Waals surface area (Å²) in [6, 6.07) is 0. The Labute approximate surface area is 49.5 Å². The molecule has 0 aromatic rings. The second kappa shape index (κ2) is 2.90. The van der Waals surface area contributed by atoms with Gasteiger partial charge in [-0.05, 0) is 0 Å². The first-order valence-corrected chi connectivity index (χ1v) is 5.35. The standard InChI is InChI=1S/CH5AsO3.Al/c1-2(3,4)5;/h1H3,(H2,3,4,5);. The molecule has 2 N–H and O–H groups in total. The molecule has 0 spiro atoms. The first-order valence-electron chi connectivity index (χ1n) is 1.03. The zero-order chi connectivity index (χ0) is 4.50. The van der Waals surface area contributed by atoms with Crippen molar-refractivity contribution in [3.8, 4) is 0 Å². The van der Waals surface area contributed by atoms with Crippen LogP contribution in [0.1, 0.15) is 0 Å². The molecule has 0 aliphatic rings. The minimum absolute atomic E-state index is 0. The van der Waals surface area contributed by atoms with E-state index in [1.807, 2.05) is 0 Å². The van der Waals surface area contributed by atoms with Crippen molar-refractivity contribution in [2.24, 2.45) is 0 Å². The summed E-state index contributed by atoms with van der Waals surface area (Å²) >= 11 is -4.12. The molecule has 0 bridgehead atoms. The van der Waals surface area contributed by atoms with Gasteiger partial charge in [0.2, 0.25) is 0 Å². The SMILES string of the molecule is C[As](=O)(O)O.[Al]. The van der Waals surface area contributed by atoms with Gasteiger partial charge in [0.15, 0.2) is 0 Å². The third kappa shape index (κ3) is 106. The molecule has 0 amide bonds. The molecule has 0 heterocycles. The molecule has 35 valence electrons. The fourth-order valence-corrected chi connectivity index (χ4v) is 0. The molecule has 0 atom stereocenters. The second-order valence-electron chi connectivity index (χ2n) is 0.835. The third-order valence-electron chi connectivity index (χ3n) is 0. The van der Waals surface area contributed by atoms with E-state index in [-0.39, 0.29) is 17.4 Å². The van der Waals surface area contributed by atoms with Gasteiger partial charge in [-0.25, -0.2) is 0 Å². The molecule has 6 heavy (non-hydrogen) atoms. The summed E-state index contributed by atoms with van der Waals surface area (Å²) in [6.07, 6.45) is 0. The number of hydrogen-bond donors (Lipinski definition) is 2. The quantitative estimate of drug-likeness (QED) is 0.435. The summed E-state index contributed by atoms with van der Waals surface area (Å²) in [5.74, 6) is 0. The molecule has 3 nitrogen and oxygen atoms in total. The Balaban J connectivity index is 0. The maximum atomic E-state index is 9.39. The van der Waals surface area contributed by atoms with Gasteiger partial charge in [0.1, 0.15) is 0 Å². The van der Waals surface area contributed by atoms with Gasteiger partial charge < -0.3 is 0 Å². The summed E-state index contributed by atoms with van der Waals surface area (Å²) < 4.78 is 24.8. The molecule has 0 aliphatic carbocycles. The molecule has 5 heteroatoms. The number of hydrogen-bond acceptors (Lipinski definition) is 1. The van der Waals surface area contributed by atoms with Gasteiger partial charge in [-0.2, -0.15) is 0 Å². The van der Waals surface area contributed by atoms with Crippen LogP contribution in [-0.4, -0.2) is 39.7 Å². The monoisotopic (exact) mass is 167 g/mol. The van der Waals surface area contributed by atoms with Gasteiger partial charge >= 0.3 is 31.8 Å². The first-order chi connectivity index (χ1) is 2.00. The fraction of sp³-hybridized carbons (Fsp3) is 1.00. The maximum absolute atomic E-state index is 9.39. The van der Waals surface area contributed by atoms with E-state index in [0.717, 1.165) is 5.71 Å². The molecule has 0 aromatic heterocycles. The second-order valence-corrected chi connectivity index (χ2v) is 4.34. The van der Waals surface area contributed by atoms with Crippen molar-refractivity contribution in [2.45, 2.75) is 5.71 Å². The Morgan fingerprint density at radius 2 is 1.50 bits per heavy atom. The average Bonchev–Trinajstić information content (AvgIpc) is 0.722. The average molecular weight is 167 g/mol. The topological polar surface area (TPSA) is 57.5 Å². The van der Waals surface area contributed by atoms with E-state index >= 15 is 0 Å². The molecule has 0 aliphatic heterocycles. The van der Waals surface area contributed by atoms with Crippen molar-refractivity contribution in [1.82, 2.24) is 0 Å². The van der Waals surface area contributed by atoms with E-state index in [0.29, 0.717) is 0 Å². The Morgan fingerprint density at radius 3 is 1.50 bits per heavy atom.